The van der Waals surface area contributed by atoms with E-state index in [-0.39, 0.29) is 0 Å². The highest BCUT2D eigenvalue weighted by atomic mass is 15.4. The summed E-state index contributed by atoms with van der Waals surface area (Å²) in [5, 5.41) is 9.44. The number of aromatic nitrogens is 5. The molecular weight excluding hydrogens is 420 g/mol. The van der Waals surface area contributed by atoms with Gasteiger partial charge in [0.15, 0.2) is 5.82 Å². The fourth-order valence-electron chi connectivity index (χ4n) is 4.29. The number of para-hydroxylation sites is 1. The first kappa shape index (κ1) is 21.8. The van der Waals surface area contributed by atoms with Crippen LogP contribution in [-0.2, 0) is 6.42 Å². The van der Waals surface area contributed by atoms with Gasteiger partial charge in [-0.1, -0.05) is 48.0 Å². The van der Waals surface area contributed by atoms with Crippen molar-refractivity contribution in [2.45, 2.75) is 41.0 Å². The smallest absolute Gasteiger partial charge is 0.156 e. The van der Waals surface area contributed by atoms with Gasteiger partial charge in [-0.3, -0.25) is 0 Å². The van der Waals surface area contributed by atoms with Gasteiger partial charge in [0.05, 0.1) is 11.2 Å². The van der Waals surface area contributed by atoms with Crippen molar-refractivity contribution in [3.8, 4) is 5.82 Å². The van der Waals surface area contributed by atoms with Crippen LogP contribution in [0.15, 0.2) is 60.7 Å². The molecule has 3 aromatic heterocycles. The Morgan fingerprint density at radius 1 is 0.824 bits per heavy atom. The predicted molar refractivity (Wildman–Crippen MR) is 137 cm³/mol. The minimum atomic E-state index is 0.732. The van der Waals surface area contributed by atoms with E-state index in [2.05, 4.69) is 60.5 Å². The van der Waals surface area contributed by atoms with Gasteiger partial charge in [0.2, 0.25) is 0 Å². The molecule has 0 aliphatic rings. The third-order valence-corrected chi connectivity index (χ3v) is 6.03. The minimum Gasteiger partial charge on any atom is -0.324 e. The first-order valence-corrected chi connectivity index (χ1v) is 11.5. The van der Waals surface area contributed by atoms with Crippen LogP contribution in [0.2, 0.25) is 0 Å². The molecular formula is C28H28N6. The Balaban J connectivity index is 1.57. The summed E-state index contributed by atoms with van der Waals surface area (Å²) in [6, 6.07) is 20.9. The van der Waals surface area contributed by atoms with Crippen LogP contribution in [0, 0.1) is 34.6 Å². The van der Waals surface area contributed by atoms with E-state index in [0.717, 1.165) is 63.1 Å². The SMILES string of the molecule is Cc1ccc(Cc2c(C)nc(C)nc2Nc2cc(C)nn2-c2cc(C)c3ccccc3n2)cc1. The van der Waals surface area contributed by atoms with Crippen molar-refractivity contribution in [1.82, 2.24) is 24.7 Å². The molecule has 0 aliphatic carbocycles. The summed E-state index contributed by atoms with van der Waals surface area (Å²) < 4.78 is 1.86. The monoisotopic (exact) mass is 448 g/mol. The summed E-state index contributed by atoms with van der Waals surface area (Å²) in [5.74, 6) is 3.12. The summed E-state index contributed by atoms with van der Waals surface area (Å²) in [7, 11) is 0. The molecule has 0 amide bonds. The van der Waals surface area contributed by atoms with E-state index in [1.54, 1.807) is 0 Å². The Hall–Kier alpha value is -4.06. The topological polar surface area (TPSA) is 68.5 Å². The van der Waals surface area contributed by atoms with E-state index in [1.807, 2.05) is 49.7 Å². The van der Waals surface area contributed by atoms with Gasteiger partial charge in [-0.25, -0.2) is 15.0 Å². The lowest BCUT2D eigenvalue weighted by atomic mass is 10.0. The maximum absolute atomic E-state index is 4.88. The number of aryl methyl sites for hydroxylation is 5. The quantitative estimate of drug-likeness (QED) is 0.352. The Kier molecular flexibility index (Phi) is 5.57. The lowest BCUT2D eigenvalue weighted by Gasteiger charge is -2.15. The summed E-state index contributed by atoms with van der Waals surface area (Å²) in [5.41, 5.74) is 7.52. The second kappa shape index (κ2) is 8.71. The van der Waals surface area contributed by atoms with Crippen LogP contribution in [0.25, 0.3) is 16.7 Å². The second-order valence-corrected chi connectivity index (χ2v) is 8.87. The van der Waals surface area contributed by atoms with Crippen molar-refractivity contribution >= 4 is 22.5 Å². The molecule has 0 spiro atoms. The largest absolute Gasteiger partial charge is 0.324 e. The molecule has 0 aliphatic heterocycles. The standard InChI is InChI=1S/C28H28N6/c1-17-10-12-22(13-11-17)16-24-20(4)29-21(5)30-28(24)32-27-15-19(3)33-34(27)26-14-18(2)23-8-6-7-9-25(23)31-26/h6-15H,16H2,1-5H3,(H,29,30,32). The maximum atomic E-state index is 4.88. The van der Waals surface area contributed by atoms with Gasteiger partial charge in [0, 0.05) is 29.1 Å². The molecule has 5 aromatic rings. The van der Waals surface area contributed by atoms with Crippen molar-refractivity contribution in [2.75, 3.05) is 5.32 Å². The fraction of sp³-hybridized carbons (Fsp3) is 0.214. The number of nitrogens with one attached hydrogen (secondary N) is 1. The fourth-order valence-corrected chi connectivity index (χ4v) is 4.29. The minimum absolute atomic E-state index is 0.732. The molecule has 6 nitrogen and oxygen atoms in total. The number of anilines is 2. The highest BCUT2D eigenvalue weighted by molar-refractivity contribution is 5.83. The molecule has 0 atom stereocenters. The number of benzene rings is 2. The van der Waals surface area contributed by atoms with Crippen LogP contribution < -0.4 is 5.32 Å². The Bertz CT molecular complexity index is 1500. The average molecular weight is 449 g/mol. The summed E-state index contributed by atoms with van der Waals surface area (Å²) in [6.45, 7) is 10.2. The van der Waals surface area contributed by atoms with Gasteiger partial charge >= 0.3 is 0 Å². The zero-order chi connectivity index (χ0) is 23.8. The van der Waals surface area contributed by atoms with Gasteiger partial charge in [-0.15, -0.1) is 0 Å². The predicted octanol–water partition coefficient (Wildman–Crippen LogP) is 6.09. The van der Waals surface area contributed by atoms with Crippen LogP contribution in [0.1, 0.15) is 39.5 Å². The van der Waals surface area contributed by atoms with Crippen LogP contribution in [0.3, 0.4) is 0 Å². The molecule has 0 saturated heterocycles. The van der Waals surface area contributed by atoms with Crippen molar-refractivity contribution in [3.05, 3.63) is 100 Å². The van der Waals surface area contributed by atoms with Crippen LogP contribution in [-0.4, -0.2) is 24.7 Å². The number of hydrogen-bond donors (Lipinski definition) is 1. The molecule has 0 bridgehead atoms. The zero-order valence-electron chi connectivity index (χ0n) is 20.2. The molecule has 6 heteroatoms. The number of hydrogen-bond acceptors (Lipinski definition) is 5. The normalized spacial score (nSPS) is 11.2. The Labute approximate surface area is 199 Å². The lowest BCUT2D eigenvalue weighted by molar-refractivity contribution is 0.840. The van der Waals surface area contributed by atoms with E-state index in [1.165, 1.54) is 11.1 Å². The van der Waals surface area contributed by atoms with Crippen molar-refractivity contribution in [1.29, 1.82) is 0 Å². The van der Waals surface area contributed by atoms with Crippen molar-refractivity contribution < 1.29 is 0 Å². The molecule has 0 unspecified atom stereocenters. The van der Waals surface area contributed by atoms with Crippen LogP contribution in [0.5, 0.6) is 0 Å². The Morgan fingerprint density at radius 3 is 2.38 bits per heavy atom. The molecule has 3 heterocycles. The summed E-state index contributed by atoms with van der Waals surface area (Å²) in [4.78, 5) is 14.3. The highest BCUT2D eigenvalue weighted by Crippen LogP contribution is 2.27. The Morgan fingerprint density at radius 2 is 1.59 bits per heavy atom. The number of nitrogens with zero attached hydrogens (tertiary/aromatic N) is 5. The number of fused-ring (bicyclic) bond motifs is 1. The summed E-state index contributed by atoms with van der Waals surface area (Å²) >= 11 is 0. The van der Waals surface area contributed by atoms with E-state index in [4.69, 9.17) is 15.1 Å². The first-order chi connectivity index (χ1) is 16.4. The molecule has 1 N–H and O–H groups in total. The number of pyridine rings is 1. The highest BCUT2D eigenvalue weighted by Gasteiger charge is 2.16. The number of rotatable bonds is 5. The van der Waals surface area contributed by atoms with Gasteiger partial charge < -0.3 is 5.32 Å². The van der Waals surface area contributed by atoms with Gasteiger partial charge in [-0.05, 0) is 57.9 Å². The lowest BCUT2D eigenvalue weighted by Crippen LogP contribution is -2.10. The third-order valence-electron chi connectivity index (χ3n) is 6.03. The van der Waals surface area contributed by atoms with E-state index >= 15 is 0 Å². The molecule has 0 saturated carbocycles. The van der Waals surface area contributed by atoms with Gasteiger partial charge in [-0.2, -0.15) is 9.78 Å². The van der Waals surface area contributed by atoms with E-state index < -0.39 is 0 Å². The van der Waals surface area contributed by atoms with Crippen LogP contribution >= 0.6 is 0 Å². The third kappa shape index (κ3) is 4.27. The molecule has 170 valence electrons. The molecule has 5 rings (SSSR count). The van der Waals surface area contributed by atoms with E-state index in [0.29, 0.717) is 0 Å². The van der Waals surface area contributed by atoms with Crippen LogP contribution in [0.4, 0.5) is 11.6 Å². The van der Waals surface area contributed by atoms with Crippen molar-refractivity contribution in [2.24, 2.45) is 0 Å². The van der Waals surface area contributed by atoms with Gasteiger partial charge in [0.1, 0.15) is 17.5 Å². The molecule has 34 heavy (non-hydrogen) atoms. The molecule has 0 radical (unpaired) electrons. The first-order valence-electron chi connectivity index (χ1n) is 11.5. The molecule has 2 aromatic carbocycles. The molecule has 0 fully saturated rings. The summed E-state index contributed by atoms with van der Waals surface area (Å²) in [6.07, 6.45) is 0.745. The maximum Gasteiger partial charge on any atom is 0.156 e. The van der Waals surface area contributed by atoms with Gasteiger partial charge in [0.25, 0.3) is 0 Å². The zero-order valence-corrected chi connectivity index (χ0v) is 20.2. The van der Waals surface area contributed by atoms with E-state index in [9.17, 15) is 0 Å². The second-order valence-electron chi connectivity index (χ2n) is 8.87. The average Bonchev–Trinajstić information content (AvgIpc) is 3.17. The van der Waals surface area contributed by atoms with Crippen molar-refractivity contribution in [3.63, 3.8) is 0 Å².